The maximum absolute atomic E-state index is 11.8. The van der Waals surface area contributed by atoms with Crippen molar-refractivity contribution in [2.24, 2.45) is 5.92 Å². The fourth-order valence-electron chi connectivity index (χ4n) is 1.55. The van der Waals surface area contributed by atoms with Gasteiger partial charge < -0.3 is 4.74 Å². The van der Waals surface area contributed by atoms with Crippen molar-refractivity contribution in [1.82, 2.24) is 0 Å². The zero-order valence-corrected chi connectivity index (χ0v) is 9.21. The van der Waals surface area contributed by atoms with Gasteiger partial charge in [0, 0.05) is 13.0 Å². The Labute approximate surface area is 86.3 Å². The van der Waals surface area contributed by atoms with Gasteiger partial charge in [0.15, 0.2) is 5.78 Å². The molecule has 80 valence electrons. The Morgan fingerprint density at radius 3 is 2.57 bits per heavy atom. The Balaban J connectivity index is 2.34. The van der Waals surface area contributed by atoms with Gasteiger partial charge >= 0.3 is 0 Å². The molecule has 1 rings (SSSR count). The van der Waals surface area contributed by atoms with Crippen LogP contribution in [0.4, 0.5) is 0 Å². The molecule has 0 heterocycles. The molecule has 0 aromatic heterocycles. The summed E-state index contributed by atoms with van der Waals surface area (Å²) in [5.74, 6) is 0.768. The molecule has 0 saturated heterocycles. The molecule has 2 heteroatoms. The van der Waals surface area contributed by atoms with Crippen LogP contribution in [0.1, 0.15) is 39.5 Å². The molecule has 2 nitrogen and oxygen atoms in total. The highest BCUT2D eigenvalue weighted by atomic mass is 16.5. The van der Waals surface area contributed by atoms with Gasteiger partial charge in [0.2, 0.25) is 0 Å². The molecule has 1 atom stereocenters. The molecule has 0 spiro atoms. The second-order valence-electron chi connectivity index (χ2n) is 4.14. The number of rotatable bonds is 7. The fourth-order valence-corrected chi connectivity index (χ4v) is 1.55. The second-order valence-corrected chi connectivity index (χ2v) is 4.14. The lowest BCUT2D eigenvalue weighted by atomic mass is 10.0. The number of hydrogen-bond acceptors (Lipinski definition) is 2. The molecule has 0 aromatic rings. The van der Waals surface area contributed by atoms with Crippen LogP contribution in [-0.2, 0) is 9.53 Å². The summed E-state index contributed by atoms with van der Waals surface area (Å²) in [5, 5.41) is 0. The van der Waals surface area contributed by atoms with Crippen molar-refractivity contribution in [1.29, 1.82) is 0 Å². The highest BCUT2D eigenvalue weighted by molar-refractivity contribution is 5.83. The van der Waals surface area contributed by atoms with Crippen molar-refractivity contribution in [3.05, 3.63) is 12.2 Å². The first kappa shape index (κ1) is 11.4. The highest BCUT2D eigenvalue weighted by Gasteiger charge is 2.35. The zero-order valence-electron chi connectivity index (χ0n) is 9.21. The third-order valence-corrected chi connectivity index (χ3v) is 2.51. The molecule has 1 aliphatic rings. The summed E-state index contributed by atoms with van der Waals surface area (Å²) in [7, 11) is 0. The van der Waals surface area contributed by atoms with E-state index in [9.17, 15) is 4.79 Å². The molecule has 0 aliphatic heterocycles. The van der Waals surface area contributed by atoms with E-state index in [-0.39, 0.29) is 11.9 Å². The largest absolute Gasteiger partial charge is 0.370 e. The molecular formula is C12H20O2. The van der Waals surface area contributed by atoms with Crippen LogP contribution in [0.2, 0.25) is 0 Å². The van der Waals surface area contributed by atoms with Gasteiger partial charge in [0.25, 0.3) is 0 Å². The molecule has 0 aromatic carbocycles. The number of hydrogen-bond donors (Lipinski definition) is 0. The van der Waals surface area contributed by atoms with Gasteiger partial charge in [0.05, 0.1) is 0 Å². The van der Waals surface area contributed by atoms with Crippen LogP contribution < -0.4 is 0 Å². The fraction of sp³-hybridized carbons (Fsp3) is 0.750. The maximum Gasteiger partial charge on any atom is 0.162 e. The Bertz CT molecular complexity index is 216. The van der Waals surface area contributed by atoms with Crippen LogP contribution in [-0.4, -0.2) is 18.5 Å². The van der Waals surface area contributed by atoms with Crippen LogP contribution in [0.5, 0.6) is 0 Å². The summed E-state index contributed by atoms with van der Waals surface area (Å²) in [6, 6.07) is 0. The second kappa shape index (κ2) is 5.30. The normalized spacial score (nSPS) is 17.9. The first-order valence-electron chi connectivity index (χ1n) is 5.43. The summed E-state index contributed by atoms with van der Waals surface area (Å²) in [4.78, 5) is 11.8. The summed E-state index contributed by atoms with van der Waals surface area (Å²) >= 11 is 0. The lowest BCUT2D eigenvalue weighted by molar-refractivity contribution is -0.131. The molecule has 0 amide bonds. The summed E-state index contributed by atoms with van der Waals surface area (Å²) in [6.45, 7) is 8.34. The monoisotopic (exact) mass is 196 g/mol. The average Bonchev–Trinajstić information content (AvgIpc) is 2.93. The molecule has 0 bridgehead atoms. The predicted molar refractivity (Wildman–Crippen MR) is 57.2 cm³/mol. The van der Waals surface area contributed by atoms with E-state index in [1.54, 1.807) is 0 Å². The van der Waals surface area contributed by atoms with Crippen molar-refractivity contribution in [3.63, 3.8) is 0 Å². The number of Topliss-reactive ketones (excluding diaryl/α,β-unsaturated/α-hetero) is 1. The minimum Gasteiger partial charge on any atom is -0.370 e. The molecule has 14 heavy (non-hydrogen) atoms. The van der Waals surface area contributed by atoms with E-state index in [0.29, 0.717) is 18.9 Å². The number of allylic oxidation sites excluding steroid dienone is 1. The van der Waals surface area contributed by atoms with Gasteiger partial charge in [-0.05, 0) is 39.0 Å². The molecule has 0 N–H and O–H groups in total. The van der Waals surface area contributed by atoms with Gasteiger partial charge in [0.1, 0.15) is 6.10 Å². The first-order valence-corrected chi connectivity index (χ1v) is 5.43. The first-order chi connectivity index (χ1) is 6.65. The SMILES string of the molecule is C=C(C)CCC(=O)C(OCC)C1CC1. The lowest BCUT2D eigenvalue weighted by Gasteiger charge is -2.14. The third-order valence-electron chi connectivity index (χ3n) is 2.51. The van der Waals surface area contributed by atoms with Gasteiger partial charge in [-0.2, -0.15) is 0 Å². The third kappa shape index (κ3) is 3.62. The van der Waals surface area contributed by atoms with Crippen molar-refractivity contribution in [3.8, 4) is 0 Å². The number of carbonyl (C=O) groups is 1. The Morgan fingerprint density at radius 1 is 1.50 bits per heavy atom. The summed E-state index contributed by atoms with van der Waals surface area (Å²) in [5.41, 5.74) is 1.07. The van der Waals surface area contributed by atoms with E-state index in [1.807, 2.05) is 13.8 Å². The minimum atomic E-state index is -0.126. The quantitative estimate of drug-likeness (QED) is 0.585. The van der Waals surface area contributed by atoms with Crippen molar-refractivity contribution in [2.75, 3.05) is 6.61 Å². The summed E-state index contributed by atoms with van der Waals surface area (Å²) < 4.78 is 5.48. The number of carbonyl (C=O) groups excluding carboxylic acids is 1. The van der Waals surface area contributed by atoms with Crippen LogP contribution in [0.3, 0.4) is 0 Å². The molecular weight excluding hydrogens is 176 g/mol. The molecule has 1 fully saturated rings. The van der Waals surface area contributed by atoms with E-state index >= 15 is 0 Å². The van der Waals surface area contributed by atoms with E-state index in [0.717, 1.165) is 24.8 Å². The molecule has 1 unspecified atom stereocenters. The van der Waals surface area contributed by atoms with E-state index in [4.69, 9.17) is 4.74 Å². The topological polar surface area (TPSA) is 26.3 Å². The van der Waals surface area contributed by atoms with E-state index in [1.165, 1.54) is 0 Å². The molecule has 1 saturated carbocycles. The van der Waals surface area contributed by atoms with Crippen molar-refractivity contribution >= 4 is 5.78 Å². The predicted octanol–water partition coefficient (Wildman–Crippen LogP) is 2.73. The van der Waals surface area contributed by atoms with Crippen LogP contribution in [0.25, 0.3) is 0 Å². The highest BCUT2D eigenvalue weighted by Crippen LogP contribution is 2.35. The Morgan fingerprint density at radius 2 is 2.14 bits per heavy atom. The Hall–Kier alpha value is -0.630. The van der Waals surface area contributed by atoms with Crippen molar-refractivity contribution in [2.45, 2.75) is 45.6 Å². The zero-order chi connectivity index (χ0) is 10.6. The standard InChI is InChI=1S/C12H20O2/c1-4-14-12(10-6-7-10)11(13)8-5-9(2)3/h10,12H,2,4-8H2,1,3H3. The summed E-state index contributed by atoms with van der Waals surface area (Å²) in [6.07, 6.45) is 3.58. The molecule has 0 radical (unpaired) electrons. The van der Waals surface area contributed by atoms with Crippen LogP contribution in [0.15, 0.2) is 12.2 Å². The number of ether oxygens (including phenoxy) is 1. The van der Waals surface area contributed by atoms with Gasteiger partial charge in [-0.15, -0.1) is 6.58 Å². The van der Waals surface area contributed by atoms with Crippen LogP contribution >= 0.6 is 0 Å². The van der Waals surface area contributed by atoms with Gasteiger partial charge in [-0.25, -0.2) is 0 Å². The smallest absolute Gasteiger partial charge is 0.162 e. The Kier molecular flexibility index (Phi) is 4.33. The van der Waals surface area contributed by atoms with Crippen LogP contribution in [0, 0.1) is 5.92 Å². The number of ketones is 1. The average molecular weight is 196 g/mol. The minimum absolute atomic E-state index is 0.126. The van der Waals surface area contributed by atoms with Gasteiger partial charge in [-0.1, -0.05) is 5.57 Å². The maximum atomic E-state index is 11.8. The van der Waals surface area contributed by atoms with E-state index in [2.05, 4.69) is 6.58 Å². The van der Waals surface area contributed by atoms with Gasteiger partial charge in [-0.3, -0.25) is 4.79 Å². The molecule has 1 aliphatic carbocycles. The van der Waals surface area contributed by atoms with Crippen molar-refractivity contribution < 1.29 is 9.53 Å². The van der Waals surface area contributed by atoms with E-state index < -0.39 is 0 Å². The lowest BCUT2D eigenvalue weighted by Crippen LogP contribution is -2.26.